The number of hydrogen-bond donors (Lipinski definition) is 1. The van der Waals surface area contributed by atoms with Crippen molar-refractivity contribution in [3.05, 3.63) is 26.9 Å². The normalized spacial score (nSPS) is 26.0. The van der Waals surface area contributed by atoms with Crippen molar-refractivity contribution in [1.29, 1.82) is 0 Å². The van der Waals surface area contributed by atoms with Crippen LogP contribution in [0.15, 0.2) is 21.2 Å². The second kappa shape index (κ2) is 6.46. The zero-order chi connectivity index (χ0) is 13.1. The average Bonchev–Trinajstić information content (AvgIpc) is 2.51. The summed E-state index contributed by atoms with van der Waals surface area (Å²) in [5, 5.41) is 0. The number of likely N-dealkylation sites (tertiary alicyclic amines) is 1. The molecular formula is C13H19Br2N3. The quantitative estimate of drug-likeness (QED) is 0.860. The van der Waals surface area contributed by atoms with E-state index in [4.69, 9.17) is 5.73 Å². The number of aromatic nitrogens is 1. The third-order valence-electron chi connectivity index (χ3n) is 3.68. The Morgan fingerprint density at radius 2 is 2.22 bits per heavy atom. The van der Waals surface area contributed by atoms with Crippen LogP contribution in [-0.4, -0.2) is 30.0 Å². The minimum Gasteiger partial charge on any atom is -0.330 e. The molecule has 1 fully saturated rings. The van der Waals surface area contributed by atoms with Gasteiger partial charge < -0.3 is 5.73 Å². The maximum Gasteiger partial charge on any atom is 0.0721 e. The van der Waals surface area contributed by atoms with Crippen LogP contribution in [0, 0.1) is 5.92 Å². The van der Waals surface area contributed by atoms with Crippen molar-refractivity contribution >= 4 is 31.9 Å². The molecule has 2 N–H and O–H groups in total. The van der Waals surface area contributed by atoms with Crippen molar-refractivity contribution in [3.63, 3.8) is 0 Å². The fourth-order valence-corrected chi connectivity index (χ4v) is 3.97. The molecule has 0 aliphatic carbocycles. The summed E-state index contributed by atoms with van der Waals surface area (Å²) in [6.07, 6.45) is 5.57. The molecule has 2 rings (SSSR count). The molecule has 18 heavy (non-hydrogen) atoms. The van der Waals surface area contributed by atoms with Gasteiger partial charge in [-0.3, -0.25) is 9.88 Å². The molecule has 0 saturated carbocycles. The molecule has 0 radical (unpaired) electrons. The lowest BCUT2D eigenvalue weighted by atomic mass is 9.92. The van der Waals surface area contributed by atoms with Gasteiger partial charge in [-0.1, -0.05) is 6.42 Å². The van der Waals surface area contributed by atoms with Crippen molar-refractivity contribution in [2.75, 3.05) is 20.1 Å². The van der Waals surface area contributed by atoms with Gasteiger partial charge in [-0.25, -0.2) is 0 Å². The van der Waals surface area contributed by atoms with Gasteiger partial charge in [0.05, 0.1) is 11.7 Å². The van der Waals surface area contributed by atoms with Gasteiger partial charge >= 0.3 is 0 Å². The fourth-order valence-electron chi connectivity index (χ4n) is 2.75. The molecule has 1 aliphatic heterocycles. The summed E-state index contributed by atoms with van der Waals surface area (Å²) in [5.41, 5.74) is 7.07. The fraction of sp³-hybridized carbons (Fsp3) is 0.615. The Labute approximate surface area is 125 Å². The van der Waals surface area contributed by atoms with Gasteiger partial charge in [0.25, 0.3) is 0 Å². The molecule has 0 bridgehead atoms. The molecule has 0 spiro atoms. The molecule has 100 valence electrons. The lowest BCUT2D eigenvalue weighted by molar-refractivity contribution is 0.191. The van der Waals surface area contributed by atoms with Crippen molar-refractivity contribution in [1.82, 2.24) is 9.88 Å². The summed E-state index contributed by atoms with van der Waals surface area (Å²) in [4.78, 5) is 7.00. The Hall–Kier alpha value is 0.0300. The van der Waals surface area contributed by atoms with Gasteiger partial charge in [0, 0.05) is 15.1 Å². The van der Waals surface area contributed by atoms with Crippen LogP contribution in [0.3, 0.4) is 0 Å². The maximum absolute atomic E-state index is 5.96. The predicted molar refractivity (Wildman–Crippen MR) is 81.4 cm³/mol. The molecule has 3 nitrogen and oxygen atoms in total. The van der Waals surface area contributed by atoms with E-state index in [0.29, 0.717) is 12.0 Å². The molecule has 1 aromatic heterocycles. The van der Waals surface area contributed by atoms with E-state index in [9.17, 15) is 0 Å². The summed E-state index contributed by atoms with van der Waals surface area (Å²) >= 11 is 7.08. The number of rotatable bonds is 2. The molecule has 2 unspecified atom stereocenters. The van der Waals surface area contributed by atoms with Crippen LogP contribution >= 0.6 is 31.9 Å². The number of nitrogens with two attached hydrogens (primary N) is 1. The Morgan fingerprint density at radius 1 is 1.44 bits per heavy atom. The second-order valence-electron chi connectivity index (χ2n) is 4.94. The number of hydrogen-bond acceptors (Lipinski definition) is 3. The van der Waals surface area contributed by atoms with Crippen LogP contribution in [0.1, 0.15) is 31.0 Å². The minimum absolute atomic E-state index is 0.319. The molecule has 2 atom stereocenters. The number of nitrogens with zero attached hydrogens (tertiary/aromatic N) is 2. The summed E-state index contributed by atoms with van der Waals surface area (Å²) in [5.74, 6) is 0.488. The zero-order valence-corrected chi connectivity index (χ0v) is 13.7. The van der Waals surface area contributed by atoms with E-state index in [0.717, 1.165) is 27.7 Å². The third kappa shape index (κ3) is 3.13. The van der Waals surface area contributed by atoms with Gasteiger partial charge in [0.2, 0.25) is 0 Å². The summed E-state index contributed by atoms with van der Waals surface area (Å²) in [7, 11) is 2.18. The lowest BCUT2D eigenvalue weighted by Crippen LogP contribution is -2.33. The van der Waals surface area contributed by atoms with Crippen LogP contribution < -0.4 is 5.73 Å². The Kier molecular flexibility index (Phi) is 5.18. The van der Waals surface area contributed by atoms with E-state index in [1.807, 2.05) is 6.20 Å². The van der Waals surface area contributed by atoms with Crippen LogP contribution in [0.5, 0.6) is 0 Å². The molecule has 0 amide bonds. The van der Waals surface area contributed by atoms with Crippen LogP contribution in [0.2, 0.25) is 0 Å². The molecule has 5 heteroatoms. The van der Waals surface area contributed by atoms with Crippen molar-refractivity contribution < 1.29 is 0 Å². The monoisotopic (exact) mass is 375 g/mol. The first-order valence-corrected chi connectivity index (χ1v) is 7.93. The largest absolute Gasteiger partial charge is 0.330 e. The van der Waals surface area contributed by atoms with Crippen LogP contribution in [-0.2, 0) is 0 Å². The highest BCUT2D eigenvalue weighted by Gasteiger charge is 2.30. The lowest BCUT2D eigenvalue weighted by Gasteiger charge is -2.31. The molecule has 2 heterocycles. The van der Waals surface area contributed by atoms with Crippen LogP contribution in [0.25, 0.3) is 0 Å². The first-order chi connectivity index (χ1) is 8.63. The van der Waals surface area contributed by atoms with Crippen molar-refractivity contribution in [2.45, 2.75) is 25.3 Å². The highest BCUT2D eigenvalue weighted by atomic mass is 79.9. The molecule has 0 aromatic carbocycles. The van der Waals surface area contributed by atoms with Gasteiger partial charge in [0.15, 0.2) is 0 Å². The molecule has 1 aliphatic rings. The van der Waals surface area contributed by atoms with Crippen LogP contribution in [0.4, 0.5) is 0 Å². The standard InChI is InChI=1S/C13H19Br2N3/c1-18-5-3-2-4-9(7-16)13(18)12-11(15)6-10(14)8-17-12/h6,8-9,13H,2-5,7,16H2,1H3. The number of halogens is 2. The SMILES string of the molecule is CN1CCCCC(CN)C1c1ncc(Br)cc1Br. The van der Waals surface area contributed by atoms with Gasteiger partial charge in [0.1, 0.15) is 0 Å². The van der Waals surface area contributed by atoms with E-state index >= 15 is 0 Å². The smallest absolute Gasteiger partial charge is 0.0721 e. The topological polar surface area (TPSA) is 42.1 Å². The van der Waals surface area contributed by atoms with E-state index in [1.165, 1.54) is 19.3 Å². The van der Waals surface area contributed by atoms with E-state index < -0.39 is 0 Å². The zero-order valence-electron chi connectivity index (χ0n) is 10.6. The summed E-state index contributed by atoms with van der Waals surface area (Å²) in [6, 6.07) is 2.38. The Balaban J connectivity index is 2.36. The molecule has 1 saturated heterocycles. The summed E-state index contributed by atoms with van der Waals surface area (Å²) in [6.45, 7) is 1.84. The van der Waals surface area contributed by atoms with Crippen molar-refractivity contribution in [3.8, 4) is 0 Å². The first kappa shape index (κ1) is 14.4. The first-order valence-electron chi connectivity index (χ1n) is 6.34. The maximum atomic E-state index is 5.96. The Morgan fingerprint density at radius 3 is 2.89 bits per heavy atom. The molecule has 1 aromatic rings. The predicted octanol–water partition coefficient (Wildman–Crippen LogP) is 3.34. The molecular weight excluding hydrogens is 358 g/mol. The van der Waals surface area contributed by atoms with Crippen molar-refractivity contribution in [2.24, 2.45) is 11.7 Å². The minimum atomic E-state index is 0.319. The number of pyridine rings is 1. The van der Waals surface area contributed by atoms with Gasteiger partial charge in [-0.05, 0) is 76.8 Å². The van der Waals surface area contributed by atoms with E-state index in [2.05, 4.69) is 54.9 Å². The van der Waals surface area contributed by atoms with Gasteiger partial charge in [-0.15, -0.1) is 0 Å². The highest BCUT2D eigenvalue weighted by molar-refractivity contribution is 9.11. The van der Waals surface area contributed by atoms with E-state index in [1.54, 1.807) is 0 Å². The Bertz CT molecular complexity index is 411. The average molecular weight is 377 g/mol. The summed E-state index contributed by atoms with van der Waals surface area (Å²) < 4.78 is 2.06. The highest BCUT2D eigenvalue weighted by Crippen LogP contribution is 2.36. The van der Waals surface area contributed by atoms with Gasteiger partial charge in [-0.2, -0.15) is 0 Å². The second-order valence-corrected chi connectivity index (χ2v) is 6.71. The third-order valence-corrected chi connectivity index (χ3v) is 4.75. The van der Waals surface area contributed by atoms with E-state index in [-0.39, 0.29) is 0 Å².